The van der Waals surface area contributed by atoms with Crippen molar-refractivity contribution in [3.63, 3.8) is 0 Å². The van der Waals surface area contributed by atoms with E-state index < -0.39 is 8.80 Å². The van der Waals surface area contributed by atoms with Gasteiger partial charge in [-0.1, -0.05) is 20.0 Å². The summed E-state index contributed by atoms with van der Waals surface area (Å²) in [4.78, 5) is 0.611. The van der Waals surface area contributed by atoms with E-state index in [1.54, 1.807) is 0 Å². The minimum Gasteiger partial charge on any atom is -0.185 e. The van der Waals surface area contributed by atoms with Crippen molar-refractivity contribution < 1.29 is 0 Å². The fourth-order valence-corrected chi connectivity index (χ4v) is 1.66. The Labute approximate surface area is 56.7 Å². The molecule has 1 atom stereocenters. The zero-order valence-corrected chi connectivity index (χ0v) is 7.48. The second kappa shape index (κ2) is 3.99. The highest BCUT2D eigenvalue weighted by atomic mass is 32.2. The lowest BCUT2D eigenvalue weighted by Crippen LogP contribution is -2.15. The lowest BCUT2D eigenvalue weighted by atomic mass is 11.0. The summed E-state index contributed by atoms with van der Waals surface area (Å²) in [6, 6.07) is 0. The Morgan fingerprint density at radius 3 is 2.25 bits per heavy atom. The molecule has 1 nitrogen and oxygen atoms in total. The van der Waals surface area contributed by atoms with Crippen molar-refractivity contribution in [2.24, 2.45) is 0 Å². The maximum absolute atomic E-state index is 8.22. The molecule has 0 rings (SSSR count). The third-order valence-electron chi connectivity index (χ3n) is 1.18. The van der Waals surface area contributed by atoms with Crippen molar-refractivity contribution >= 4 is 20.6 Å². The molecule has 3 heteroatoms. The van der Waals surface area contributed by atoms with Crippen LogP contribution in [0.1, 0.15) is 6.92 Å². The van der Waals surface area contributed by atoms with Crippen molar-refractivity contribution in [3.8, 4) is 5.40 Å². The van der Waals surface area contributed by atoms with Crippen LogP contribution in [0.25, 0.3) is 0 Å². The first-order valence-corrected chi connectivity index (χ1v) is 6.58. The Morgan fingerprint density at radius 2 is 2.12 bits per heavy atom. The van der Waals surface area contributed by atoms with Gasteiger partial charge in [0.05, 0.1) is 0 Å². The zero-order valence-electron chi connectivity index (χ0n) is 5.51. The first kappa shape index (κ1) is 8.06. The first-order chi connectivity index (χ1) is 3.68. The van der Waals surface area contributed by atoms with Gasteiger partial charge in [0.2, 0.25) is 0 Å². The molecule has 0 aliphatic heterocycles. The molecular weight excluding hydrogens is 134 g/mol. The van der Waals surface area contributed by atoms with E-state index in [9.17, 15) is 0 Å². The highest BCUT2D eigenvalue weighted by Gasteiger charge is 2.06. The van der Waals surface area contributed by atoms with E-state index in [1.165, 1.54) is 11.8 Å². The Balaban J connectivity index is 3.35. The van der Waals surface area contributed by atoms with Crippen molar-refractivity contribution in [1.82, 2.24) is 0 Å². The van der Waals surface area contributed by atoms with Gasteiger partial charge in [0.1, 0.15) is 5.40 Å². The van der Waals surface area contributed by atoms with Gasteiger partial charge < -0.3 is 0 Å². The third kappa shape index (κ3) is 3.11. The standard InChI is InChI=1S/C5H11NSSi/c1-5(7-4-6)8(2)3/h5,8H,1-3H3. The Kier molecular flexibility index (Phi) is 4.02. The minimum atomic E-state index is -0.542. The van der Waals surface area contributed by atoms with Crippen LogP contribution in [-0.2, 0) is 0 Å². The van der Waals surface area contributed by atoms with Crippen molar-refractivity contribution in [2.45, 2.75) is 24.9 Å². The van der Waals surface area contributed by atoms with Gasteiger partial charge in [-0.25, -0.2) is 0 Å². The molecule has 0 amide bonds. The van der Waals surface area contributed by atoms with Crippen LogP contribution in [0, 0.1) is 10.7 Å². The fourth-order valence-electron chi connectivity index (χ4n) is 0.219. The third-order valence-corrected chi connectivity index (χ3v) is 5.57. The van der Waals surface area contributed by atoms with Gasteiger partial charge in [0.25, 0.3) is 0 Å². The van der Waals surface area contributed by atoms with Gasteiger partial charge in [-0.3, -0.25) is 0 Å². The lowest BCUT2D eigenvalue weighted by molar-refractivity contribution is 1.35. The van der Waals surface area contributed by atoms with Gasteiger partial charge in [0.15, 0.2) is 0 Å². The molecule has 1 unspecified atom stereocenters. The van der Waals surface area contributed by atoms with Crippen LogP contribution < -0.4 is 0 Å². The SMILES string of the molecule is CC(SC#N)[SiH](C)C. The number of hydrogen-bond donors (Lipinski definition) is 0. The summed E-state index contributed by atoms with van der Waals surface area (Å²) >= 11 is 1.41. The summed E-state index contributed by atoms with van der Waals surface area (Å²) in [7, 11) is -0.542. The molecular formula is C5H11NSSi. The van der Waals surface area contributed by atoms with Gasteiger partial charge in [-0.2, -0.15) is 5.26 Å². The number of thiocyanates is 1. The molecule has 0 aromatic heterocycles. The molecule has 0 bridgehead atoms. The van der Waals surface area contributed by atoms with E-state index in [0.29, 0.717) is 4.87 Å². The molecule has 0 N–H and O–H groups in total. The quantitative estimate of drug-likeness (QED) is 0.435. The number of thioether (sulfide) groups is 1. The second-order valence-electron chi connectivity index (χ2n) is 2.16. The molecule has 0 aromatic carbocycles. The maximum atomic E-state index is 8.22. The molecule has 46 valence electrons. The van der Waals surface area contributed by atoms with Crippen LogP contribution in [0.3, 0.4) is 0 Å². The van der Waals surface area contributed by atoms with Crippen molar-refractivity contribution in [1.29, 1.82) is 5.26 Å². The second-order valence-corrected chi connectivity index (χ2v) is 7.29. The molecule has 0 saturated heterocycles. The van der Waals surface area contributed by atoms with E-state index in [1.807, 2.05) is 0 Å². The summed E-state index contributed by atoms with van der Waals surface area (Å²) in [5, 5.41) is 10.3. The molecule has 8 heavy (non-hydrogen) atoms. The lowest BCUT2D eigenvalue weighted by Gasteiger charge is -2.06. The van der Waals surface area contributed by atoms with E-state index >= 15 is 0 Å². The number of nitriles is 1. The van der Waals surface area contributed by atoms with Crippen LogP contribution in [0.5, 0.6) is 0 Å². The predicted octanol–water partition coefficient (Wildman–Crippen LogP) is 1.62. The van der Waals surface area contributed by atoms with Crippen LogP contribution >= 0.6 is 11.8 Å². The van der Waals surface area contributed by atoms with Crippen molar-refractivity contribution in [2.75, 3.05) is 0 Å². The molecule has 0 fully saturated rings. The zero-order chi connectivity index (χ0) is 6.57. The average Bonchev–Trinajstić information content (AvgIpc) is 1.67. The molecule has 0 heterocycles. The highest BCUT2D eigenvalue weighted by molar-refractivity contribution is 8.05. The van der Waals surface area contributed by atoms with Crippen LogP contribution in [0.15, 0.2) is 0 Å². The summed E-state index contributed by atoms with van der Waals surface area (Å²) in [5.41, 5.74) is 0. The van der Waals surface area contributed by atoms with E-state index in [4.69, 9.17) is 5.26 Å². The van der Waals surface area contributed by atoms with E-state index in [-0.39, 0.29) is 0 Å². The Morgan fingerprint density at radius 1 is 1.62 bits per heavy atom. The summed E-state index contributed by atoms with van der Waals surface area (Å²) < 4.78 is 0. The van der Waals surface area contributed by atoms with E-state index in [0.717, 1.165) is 0 Å². The molecule has 0 aliphatic rings. The van der Waals surface area contributed by atoms with E-state index in [2.05, 4.69) is 25.4 Å². The minimum absolute atomic E-state index is 0.542. The van der Waals surface area contributed by atoms with Gasteiger partial charge in [-0.05, 0) is 11.8 Å². The number of nitrogens with zero attached hydrogens (tertiary/aromatic N) is 1. The fraction of sp³-hybridized carbons (Fsp3) is 0.800. The predicted molar refractivity (Wildman–Crippen MR) is 41.5 cm³/mol. The maximum Gasteiger partial charge on any atom is 0.133 e. The molecule has 0 radical (unpaired) electrons. The monoisotopic (exact) mass is 145 g/mol. The van der Waals surface area contributed by atoms with Crippen LogP contribution in [0.2, 0.25) is 13.1 Å². The normalized spacial score (nSPS) is 13.4. The largest absolute Gasteiger partial charge is 0.185 e. The summed E-state index contributed by atoms with van der Waals surface area (Å²) in [5.74, 6) is 0. The Bertz CT molecular complexity index is 97.1. The van der Waals surface area contributed by atoms with Gasteiger partial charge >= 0.3 is 0 Å². The Hall–Kier alpha value is 0.0569. The van der Waals surface area contributed by atoms with Crippen molar-refractivity contribution in [3.05, 3.63) is 0 Å². The molecule has 0 spiro atoms. The first-order valence-electron chi connectivity index (χ1n) is 2.73. The molecule has 0 aliphatic carbocycles. The highest BCUT2D eigenvalue weighted by Crippen LogP contribution is 2.10. The summed E-state index contributed by atoms with van der Waals surface area (Å²) in [6.07, 6.45) is 0. The average molecular weight is 145 g/mol. The van der Waals surface area contributed by atoms with Crippen LogP contribution in [0.4, 0.5) is 0 Å². The summed E-state index contributed by atoms with van der Waals surface area (Å²) in [6.45, 7) is 6.65. The smallest absolute Gasteiger partial charge is 0.133 e. The number of rotatable bonds is 2. The topological polar surface area (TPSA) is 23.8 Å². The molecule has 0 aromatic rings. The van der Waals surface area contributed by atoms with Crippen LogP contribution in [-0.4, -0.2) is 13.7 Å². The van der Waals surface area contributed by atoms with Gasteiger partial charge in [-0.15, -0.1) is 0 Å². The molecule has 0 saturated carbocycles. The number of hydrogen-bond acceptors (Lipinski definition) is 2. The van der Waals surface area contributed by atoms with Gasteiger partial charge in [0, 0.05) is 13.7 Å².